The van der Waals surface area contributed by atoms with E-state index in [-0.39, 0.29) is 6.04 Å². The summed E-state index contributed by atoms with van der Waals surface area (Å²) in [5, 5.41) is 3.65. The number of benzene rings is 1. The first kappa shape index (κ1) is 9.62. The molecule has 13 heavy (non-hydrogen) atoms. The molecule has 0 amide bonds. The molecular formula is C10H13N3. The highest BCUT2D eigenvalue weighted by Crippen LogP contribution is 2.19. The molecule has 68 valence electrons. The van der Waals surface area contributed by atoms with Crippen LogP contribution in [0.1, 0.15) is 29.7 Å². The zero-order chi connectivity index (χ0) is 9.84. The molecule has 0 aliphatic carbocycles. The molecule has 0 radical (unpaired) electrons. The van der Waals surface area contributed by atoms with Gasteiger partial charge in [-0.15, -0.1) is 0 Å². The van der Waals surface area contributed by atoms with Crippen molar-refractivity contribution in [2.24, 2.45) is 5.11 Å². The Bertz CT molecular complexity index is 351. The van der Waals surface area contributed by atoms with Gasteiger partial charge in [0.2, 0.25) is 0 Å². The van der Waals surface area contributed by atoms with E-state index in [1.165, 1.54) is 11.1 Å². The van der Waals surface area contributed by atoms with Gasteiger partial charge in [0.25, 0.3) is 0 Å². The number of aryl methyl sites for hydroxylation is 2. The molecule has 0 aliphatic heterocycles. The highest BCUT2D eigenvalue weighted by molar-refractivity contribution is 5.31. The Morgan fingerprint density at radius 3 is 2.54 bits per heavy atom. The Morgan fingerprint density at radius 2 is 2.00 bits per heavy atom. The standard InChI is InChI=1S/C10H13N3/c1-7-4-5-10(6-8(7)2)9(3)12-13-11/h4-6,9H,1-3H3. The topological polar surface area (TPSA) is 48.8 Å². The van der Waals surface area contributed by atoms with Crippen LogP contribution in [0.5, 0.6) is 0 Å². The number of rotatable bonds is 2. The summed E-state index contributed by atoms with van der Waals surface area (Å²) in [6.45, 7) is 6.02. The average molecular weight is 175 g/mol. The summed E-state index contributed by atoms with van der Waals surface area (Å²) in [6.07, 6.45) is 0. The smallest absolute Gasteiger partial charge is 0.0597 e. The van der Waals surface area contributed by atoms with E-state index in [1.807, 2.05) is 19.1 Å². The molecule has 1 unspecified atom stereocenters. The normalized spacial score (nSPS) is 11.9. The van der Waals surface area contributed by atoms with Crippen LogP contribution in [0.2, 0.25) is 0 Å². The minimum atomic E-state index is -0.0794. The third kappa shape index (κ3) is 2.23. The second kappa shape index (κ2) is 3.97. The number of hydrogen-bond acceptors (Lipinski definition) is 1. The van der Waals surface area contributed by atoms with Crippen molar-refractivity contribution in [1.82, 2.24) is 0 Å². The van der Waals surface area contributed by atoms with Crippen molar-refractivity contribution < 1.29 is 0 Å². The maximum absolute atomic E-state index is 8.28. The van der Waals surface area contributed by atoms with Gasteiger partial charge in [0.1, 0.15) is 0 Å². The van der Waals surface area contributed by atoms with Crippen LogP contribution in [-0.2, 0) is 0 Å². The van der Waals surface area contributed by atoms with E-state index in [1.54, 1.807) is 0 Å². The van der Waals surface area contributed by atoms with E-state index in [9.17, 15) is 0 Å². The van der Waals surface area contributed by atoms with Crippen LogP contribution in [0.25, 0.3) is 10.4 Å². The molecule has 0 bridgehead atoms. The lowest BCUT2D eigenvalue weighted by molar-refractivity contribution is 0.806. The Hall–Kier alpha value is -1.47. The summed E-state index contributed by atoms with van der Waals surface area (Å²) in [7, 11) is 0. The molecule has 0 aliphatic rings. The molecule has 0 saturated heterocycles. The van der Waals surface area contributed by atoms with Crippen molar-refractivity contribution in [3.8, 4) is 0 Å². The fourth-order valence-electron chi connectivity index (χ4n) is 1.17. The van der Waals surface area contributed by atoms with Crippen molar-refractivity contribution in [2.45, 2.75) is 26.8 Å². The van der Waals surface area contributed by atoms with E-state index in [2.05, 4.69) is 29.9 Å². The Kier molecular flexibility index (Phi) is 2.93. The molecule has 0 saturated carbocycles. The summed E-state index contributed by atoms with van der Waals surface area (Å²) >= 11 is 0. The number of nitrogens with zero attached hydrogens (tertiary/aromatic N) is 3. The molecule has 3 heteroatoms. The zero-order valence-electron chi connectivity index (χ0n) is 8.15. The first-order valence-corrected chi connectivity index (χ1v) is 4.26. The molecule has 0 spiro atoms. The number of azide groups is 1. The van der Waals surface area contributed by atoms with E-state index in [4.69, 9.17) is 5.53 Å². The monoisotopic (exact) mass is 175 g/mol. The van der Waals surface area contributed by atoms with Gasteiger partial charge in [-0.3, -0.25) is 0 Å². The molecule has 0 heterocycles. The van der Waals surface area contributed by atoms with Gasteiger partial charge in [0, 0.05) is 4.91 Å². The first-order valence-electron chi connectivity index (χ1n) is 4.26. The van der Waals surface area contributed by atoms with Gasteiger partial charge >= 0.3 is 0 Å². The maximum atomic E-state index is 8.28. The molecule has 0 fully saturated rings. The van der Waals surface area contributed by atoms with Crippen molar-refractivity contribution in [3.05, 3.63) is 45.3 Å². The van der Waals surface area contributed by atoms with Crippen LogP contribution in [0.3, 0.4) is 0 Å². The lowest BCUT2D eigenvalue weighted by atomic mass is 10.0. The Labute approximate surface area is 78.0 Å². The van der Waals surface area contributed by atoms with Gasteiger partial charge in [-0.1, -0.05) is 30.2 Å². The van der Waals surface area contributed by atoms with E-state index in [0.717, 1.165) is 5.56 Å². The van der Waals surface area contributed by atoms with E-state index >= 15 is 0 Å². The quantitative estimate of drug-likeness (QED) is 0.374. The fraction of sp³-hybridized carbons (Fsp3) is 0.400. The fourth-order valence-corrected chi connectivity index (χ4v) is 1.17. The molecule has 1 aromatic carbocycles. The summed E-state index contributed by atoms with van der Waals surface area (Å²) < 4.78 is 0. The van der Waals surface area contributed by atoms with Crippen molar-refractivity contribution in [3.63, 3.8) is 0 Å². The minimum absolute atomic E-state index is 0.0794. The van der Waals surface area contributed by atoms with Crippen molar-refractivity contribution >= 4 is 0 Å². The van der Waals surface area contributed by atoms with Crippen LogP contribution in [-0.4, -0.2) is 0 Å². The summed E-state index contributed by atoms with van der Waals surface area (Å²) in [5.74, 6) is 0. The third-order valence-corrected chi connectivity index (χ3v) is 2.24. The van der Waals surface area contributed by atoms with Gasteiger partial charge in [0.15, 0.2) is 0 Å². The van der Waals surface area contributed by atoms with Gasteiger partial charge in [-0.25, -0.2) is 0 Å². The van der Waals surface area contributed by atoms with Crippen LogP contribution in [0, 0.1) is 13.8 Å². The first-order chi connectivity index (χ1) is 6.15. The highest BCUT2D eigenvalue weighted by Gasteiger charge is 2.02. The van der Waals surface area contributed by atoms with Crippen molar-refractivity contribution in [1.29, 1.82) is 0 Å². The SMILES string of the molecule is Cc1ccc(C(C)N=[N+]=[N-])cc1C. The summed E-state index contributed by atoms with van der Waals surface area (Å²) in [4.78, 5) is 2.79. The van der Waals surface area contributed by atoms with Crippen LogP contribution >= 0.6 is 0 Å². The molecule has 3 nitrogen and oxygen atoms in total. The predicted molar refractivity (Wildman–Crippen MR) is 53.5 cm³/mol. The maximum Gasteiger partial charge on any atom is 0.0597 e. The van der Waals surface area contributed by atoms with E-state index < -0.39 is 0 Å². The lowest BCUT2D eigenvalue weighted by Crippen LogP contribution is -1.90. The molecular weight excluding hydrogens is 162 g/mol. The molecule has 1 atom stereocenters. The lowest BCUT2D eigenvalue weighted by Gasteiger charge is -2.07. The summed E-state index contributed by atoms with van der Waals surface area (Å²) in [5.41, 5.74) is 11.8. The molecule has 1 aromatic rings. The van der Waals surface area contributed by atoms with Gasteiger partial charge < -0.3 is 0 Å². The number of hydrogen-bond donors (Lipinski definition) is 0. The molecule has 1 rings (SSSR count). The molecule has 0 aromatic heterocycles. The van der Waals surface area contributed by atoms with Gasteiger partial charge in [-0.2, -0.15) is 0 Å². The van der Waals surface area contributed by atoms with Crippen molar-refractivity contribution in [2.75, 3.05) is 0 Å². The predicted octanol–water partition coefficient (Wildman–Crippen LogP) is 3.67. The Balaban J connectivity index is 3.03. The van der Waals surface area contributed by atoms with Crippen LogP contribution < -0.4 is 0 Å². The van der Waals surface area contributed by atoms with E-state index in [0.29, 0.717) is 0 Å². The minimum Gasteiger partial charge on any atom is -0.0862 e. The molecule has 0 N–H and O–H groups in total. The largest absolute Gasteiger partial charge is 0.0862 e. The second-order valence-corrected chi connectivity index (χ2v) is 3.22. The third-order valence-electron chi connectivity index (χ3n) is 2.24. The van der Waals surface area contributed by atoms with Gasteiger partial charge in [0.05, 0.1) is 6.04 Å². The van der Waals surface area contributed by atoms with Gasteiger partial charge in [-0.05, 0) is 36.1 Å². The van der Waals surface area contributed by atoms with Crippen LogP contribution in [0.4, 0.5) is 0 Å². The second-order valence-electron chi connectivity index (χ2n) is 3.22. The average Bonchev–Trinajstić information content (AvgIpc) is 2.10. The van der Waals surface area contributed by atoms with Crippen LogP contribution in [0.15, 0.2) is 23.3 Å². The summed E-state index contributed by atoms with van der Waals surface area (Å²) in [6, 6.07) is 6.04. The Morgan fingerprint density at radius 1 is 1.31 bits per heavy atom. The highest BCUT2D eigenvalue weighted by atomic mass is 15.1. The zero-order valence-corrected chi connectivity index (χ0v) is 8.15.